The summed E-state index contributed by atoms with van der Waals surface area (Å²) in [6.45, 7) is 1.49. The highest BCUT2D eigenvalue weighted by Gasteiger charge is 2.36. The number of carbonyl (C=O) groups excluding carboxylic acids is 2. The zero-order chi connectivity index (χ0) is 34.8. The van der Waals surface area contributed by atoms with Gasteiger partial charge < -0.3 is 19.7 Å². The molecular formula is C39H45N3O6S. The molecule has 1 unspecified atom stereocenters. The van der Waals surface area contributed by atoms with E-state index in [4.69, 9.17) is 9.47 Å². The Labute approximate surface area is 289 Å². The normalized spacial score (nSPS) is 14.0. The quantitative estimate of drug-likeness (QED) is 0.167. The first-order chi connectivity index (χ1) is 23.7. The maximum absolute atomic E-state index is 14.8. The van der Waals surface area contributed by atoms with Crippen molar-refractivity contribution in [3.63, 3.8) is 0 Å². The number of methoxy groups -OCH3 is 2. The molecular weight excluding hydrogens is 639 g/mol. The number of hydrogen-bond donors (Lipinski definition) is 1. The Bertz CT molecular complexity index is 1790. The average molecular weight is 684 g/mol. The van der Waals surface area contributed by atoms with Crippen LogP contribution in [0.2, 0.25) is 0 Å². The summed E-state index contributed by atoms with van der Waals surface area (Å²) >= 11 is 0. The SMILES string of the molecule is COc1ccc(OC)c(N(CC(=O)N(Cc2ccc(C)cc2)C(Cc2ccccc2)C(=O)NC2CCCCC2)S(=O)(=O)c2ccccc2)c1. The zero-order valence-electron chi connectivity index (χ0n) is 28.4. The van der Waals surface area contributed by atoms with E-state index in [9.17, 15) is 18.0 Å². The first kappa shape index (κ1) is 35.5. The van der Waals surface area contributed by atoms with E-state index in [0.717, 1.165) is 53.1 Å². The maximum atomic E-state index is 14.8. The first-order valence-corrected chi connectivity index (χ1v) is 18.1. The van der Waals surface area contributed by atoms with E-state index in [1.807, 2.05) is 61.5 Å². The number of sulfonamides is 1. The molecule has 4 aromatic carbocycles. The number of carbonyl (C=O) groups is 2. The molecule has 0 saturated heterocycles. The van der Waals surface area contributed by atoms with E-state index in [1.165, 1.54) is 37.3 Å². The van der Waals surface area contributed by atoms with Gasteiger partial charge in [-0.25, -0.2) is 8.42 Å². The summed E-state index contributed by atoms with van der Waals surface area (Å²) in [5.41, 5.74) is 2.90. The summed E-state index contributed by atoms with van der Waals surface area (Å²) in [7, 11) is -1.38. The lowest BCUT2D eigenvalue weighted by atomic mass is 9.94. The van der Waals surface area contributed by atoms with Crippen LogP contribution in [-0.4, -0.2) is 58.0 Å². The topological polar surface area (TPSA) is 105 Å². The molecule has 10 heteroatoms. The van der Waals surface area contributed by atoms with Crippen molar-refractivity contribution < 1.29 is 27.5 Å². The highest BCUT2D eigenvalue weighted by molar-refractivity contribution is 7.92. The molecule has 0 aromatic heterocycles. The van der Waals surface area contributed by atoms with Crippen LogP contribution in [-0.2, 0) is 32.6 Å². The smallest absolute Gasteiger partial charge is 0.264 e. The fourth-order valence-electron chi connectivity index (χ4n) is 6.21. The van der Waals surface area contributed by atoms with Gasteiger partial charge >= 0.3 is 0 Å². The molecule has 4 aromatic rings. The molecule has 0 bridgehead atoms. The van der Waals surface area contributed by atoms with E-state index in [-0.39, 0.29) is 41.2 Å². The molecule has 258 valence electrons. The standard InChI is InChI=1S/C39H45N3O6S/c1-29-19-21-31(22-20-29)27-41(36(25-30-13-7-4-8-14-30)39(44)40-32-15-9-5-10-16-32)38(43)28-42(49(45,46)34-17-11-6-12-18-34)35-26-33(47-2)23-24-37(35)48-3/h4,6-8,11-14,17-24,26,32,36H,5,9-10,15-16,25,27-28H2,1-3H3,(H,40,44). The van der Waals surface area contributed by atoms with Crippen molar-refractivity contribution in [2.45, 2.75) is 69.0 Å². The van der Waals surface area contributed by atoms with E-state index in [1.54, 1.807) is 30.3 Å². The molecule has 0 heterocycles. The number of hydrogen-bond acceptors (Lipinski definition) is 6. The Morgan fingerprint density at radius 1 is 0.816 bits per heavy atom. The fraction of sp³-hybridized carbons (Fsp3) is 0.333. The molecule has 1 aliphatic carbocycles. The first-order valence-electron chi connectivity index (χ1n) is 16.7. The summed E-state index contributed by atoms with van der Waals surface area (Å²) in [6.07, 6.45) is 5.23. The van der Waals surface area contributed by atoms with E-state index < -0.39 is 28.5 Å². The van der Waals surface area contributed by atoms with Crippen molar-refractivity contribution in [2.75, 3.05) is 25.1 Å². The van der Waals surface area contributed by atoms with Gasteiger partial charge in [-0.05, 0) is 55.2 Å². The van der Waals surface area contributed by atoms with Crippen LogP contribution in [0.4, 0.5) is 5.69 Å². The summed E-state index contributed by atoms with van der Waals surface area (Å²) in [5, 5.41) is 3.24. The molecule has 5 rings (SSSR count). The van der Waals surface area contributed by atoms with Crippen LogP contribution in [0.1, 0.15) is 48.8 Å². The monoisotopic (exact) mass is 683 g/mol. The third kappa shape index (κ3) is 9.00. The number of nitrogens with one attached hydrogen (secondary N) is 1. The lowest BCUT2D eigenvalue weighted by Gasteiger charge is -2.35. The molecule has 2 amide bonds. The Balaban J connectivity index is 1.60. The molecule has 1 saturated carbocycles. The van der Waals surface area contributed by atoms with Gasteiger partial charge in [-0.15, -0.1) is 0 Å². The lowest BCUT2D eigenvalue weighted by molar-refractivity contribution is -0.140. The highest BCUT2D eigenvalue weighted by Crippen LogP contribution is 2.36. The van der Waals surface area contributed by atoms with E-state index in [2.05, 4.69) is 5.32 Å². The van der Waals surface area contributed by atoms with Crippen LogP contribution in [0.5, 0.6) is 11.5 Å². The molecule has 1 fully saturated rings. The van der Waals surface area contributed by atoms with Crippen molar-refractivity contribution in [1.29, 1.82) is 0 Å². The van der Waals surface area contributed by atoms with Crippen molar-refractivity contribution in [2.24, 2.45) is 0 Å². The predicted octanol–water partition coefficient (Wildman–Crippen LogP) is 6.30. The number of ether oxygens (including phenoxy) is 2. The Hall–Kier alpha value is -4.83. The second-order valence-corrected chi connectivity index (χ2v) is 14.3. The molecule has 1 N–H and O–H groups in total. The minimum Gasteiger partial charge on any atom is -0.497 e. The van der Waals surface area contributed by atoms with E-state index in [0.29, 0.717) is 5.75 Å². The molecule has 1 atom stereocenters. The third-order valence-electron chi connectivity index (χ3n) is 8.96. The van der Waals surface area contributed by atoms with Gasteiger partial charge in [-0.1, -0.05) is 97.6 Å². The number of nitrogens with zero attached hydrogens (tertiary/aromatic N) is 2. The number of benzene rings is 4. The van der Waals surface area contributed by atoms with Crippen molar-refractivity contribution in [1.82, 2.24) is 10.2 Å². The van der Waals surface area contributed by atoms with Gasteiger partial charge in [0.15, 0.2) is 0 Å². The van der Waals surface area contributed by atoms with Gasteiger partial charge in [0.2, 0.25) is 11.8 Å². The second kappa shape index (κ2) is 16.5. The number of rotatable bonds is 14. The van der Waals surface area contributed by atoms with Gasteiger partial charge in [0.25, 0.3) is 10.0 Å². The van der Waals surface area contributed by atoms with Gasteiger partial charge in [-0.2, -0.15) is 0 Å². The third-order valence-corrected chi connectivity index (χ3v) is 10.7. The molecule has 0 radical (unpaired) electrons. The van der Waals surface area contributed by atoms with Crippen LogP contribution in [0.15, 0.2) is 108 Å². The highest BCUT2D eigenvalue weighted by atomic mass is 32.2. The molecule has 0 spiro atoms. The maximum Gasteiger partial charge on any atom is 0.264 e. The van der Waals surface area contributed by atoms with Gasteiger partial charge in [0.05, 0.1) is 24.8 Å². The molecule has 49 heavy (non-hydrogen) atoms. The van der Waals surface area contributed by atoms with Crippen LogP contribution in [0.25, 0.3) is 0 Å². The molecule has 9 nitrogen and oxygen atoms in total. The predicted molar refractivity (Wildman–Crippen MR) is 191 cm³/mol. The average Bonchev–Trinajstić information content (AvgIpc) is 3.13. The zero-order valence-corrected chi connectivity index (χ0v) is 29.2. The van der Waals surface area contributed by atoms with Crippen molar-refractivity contribution >= 4 is 27.5 Å². The summed E-state index contributed by atoms with van der Waals surface area (Å²) in [5.74, 6) is -0.159. The molecule has 1 aliphatic rings. The lowest BCUT2D eigenvalue weighted by Crippen LogP contribution is -2.55. The number of anilines is 1. The summed E-state index contributed by atoms with van der Waals surface area (Å²) < 4.78 is 40.9. The summed E-state index contributed by atoms with van der Waals surface area (Å²) in [4.78, 5) is 30.6. The minimum atomic E-state index is -4.30. The Morgan fingerprint density at radius 2 is 1.47 bits per heavy atom. The van der Waals surface area contributed by atoms with Crippen LogP contribution in [0.3, 0.4) is 0 Å². The van der Waals surface area contributed by atoms with Gasteiger partial charge in [0, 0.05) is 25.1 Å². The molecule has 0 aliphatic heterocycles. The van der Waals surface area contributed by atoms with Crippen LogP contribution >= 0.6 is 0 Å². The van der Waals surface area contributed by atoms with Crippen LogP contribution in [0, 0.1) is 6.92 Å². The second-order valence-electron chi connectivity index (χ2n) is 12.4. The fourth-order valence-corrected chi connectivity index (χ4v) is 7.65. The number of aryl methyl sites for hydroxylation is 1. The summed E-state index contributed by atoms with van der Waals surface area (Å²) in [6, 6.07) is 29.2. The largest absolute Gasteiger partial charge is 0.497 e. The minimum absolute atomic E-state index is 0.00800. The van der Waals surface area contributed by atoms with E-state index >= 15 is 0 Å². The van der Waals surface area contributed by atoms with Crippen molar-refractivity contribution in [3.05, 3.63) is 120 Å². The van der Waals surface area contributed by atoms with Gasteiger partial charge in [0.1, 0.15) is 24.1 Å². The number of amides is 2. The van der Waals surface area contributed by atoms with Crippen molar-refractivity contribution in [3.8, 4) is 11.5 Å². The Kier molecular flexibility index (Phi) is 12.0. The Morgan fingerprint density at radius 3 is 2.10 bits per heavy atom. The van der Waals surface area contributed by atoms with Gasteiger partial charge in [-0.3, -0.25) is 13.9 Å². The van der Waals surface area contributed by atoms with Crippen LogP contribution < -0.4 is 19.1 Å².